The first-order valence-electron chi connectivity index (χ1n) is 11.2. The van der Waals surface area contributed by atoms with Gasteiger partial charge in [0.2, 0.25) is 11.6 Å². The monoisotopic (exact) mass is 524 g/mol. The number of halogens is 3. The molecule has 5 rings (SSSR count). The Kier molecular flexibility index (Phi) is 6.51. The maximum Gasteiger partial charge on any atom is 0.422 e. The number of imidazole rings is 1. The van der Waals surface area contributed by atoms with Crippen molar-refractivity contribution in [1.82, 2.24) is 30.6 Å². The summed E-state index contributed by atoms with van der Waals surface area (Å²) in [6.45, 7) is 1.94. The van der Waals surface area contributed by atoms with Gasteiger partial charge in [-0.15, -0.1) is 0 Å². The normalized spacial score (nSPS) is 12.4. The number of H-pyrrole nitrogens is 1. The van der Waals surface area contributed by atoms with Crippen molar-refractivity contribution in [3.05, 3.63) is 83.4 Å². The van der Waals surface area contributed by atoms with E-state index in [0.29, 0.717) is 11.4 Å². The largest absolute Gasteiger partial charge is 0.422 e. The Morgan fingerprint density at radius 2 is 1.79 bits per heavy atom. The summed E-state index contributed by atoms with van der Waals surface area (Å²) in [6.07, 6.45) is -4.64. The Balaban J connectivity index is 1.34. The second kappa shape index (κ2) is 9.94. The number of hydrogen-bond donors (Lipinski definition) is 3. The average molecular weight is 524 g/mol. The lowest BCUT2D eigenvalue weighted by atomic mass is 10.1. The molecule has 0 aliphatic carbocycles. The molecule has 0 saturated heterocycles. The number of aliphatic hydroxyl groups excluding tert-OH is 1. The molecule has 38 heavy (non-hydrogen) atoms. The van der Waals surface area contributed by atoms with Crippen LogP contribution in [0.15, 0.2) is 69.8 Å². The van der Waals surface area contributed by atoms with E-state index in [1.165, 1.54) is 36.4 Å². The van der Waals surface area contributed by atoms with Crippen LogP contribution in [-0.4, -0.2) is 36.3 Å². The summed E-state index contributed by atoms with van der Waals surface area (Å²) in [5.74, 6) is -1.32. The molecule has 5 aromatic rings. The molecule has 0 aliphatic rings. The molecule has 13 heteroatoms. The SMILES string of the molecule is Cc1cnc(CNC(=O)[C@H](O)c2ccc(-c3noc(-c4onc(-c5ccccc5)c4C(F)(F)F)n3)cc2)[nH]1. The number of carbonyl (C=O) groups is 1. The Labute approximate surface area is 212 Å². The fourth-order valence-corrected chi connectivity index (χ4v) is 3.72. The summed E-state index contributed by atoms with van der Waals surface area (Å²) in [5, 5.41) is 20.3. The number of nitrogens with one attached hydrogen (secondary N) is 2. The van der Waals surface area contributed by atoms with E-state index in [-0.39, 0.29) is 23.5 Å². The maximum atomic E-state index is 13.9. The van der Waals surface area contributed by atoms with Crippen molar-refractivity contribution in [2.24, 2.45) is 0 Å². The lowest BCUT2D eigenvalue weighted by Crippen LogP contribution is -2.29. The van der Waals surface area contributed by atoms with Gasteiger partial charge >= 0.3 is 6.18 Å². The second-order valence-electron chi connectivity index (χ2n) is 8.28. The molecule has 0 radical (unpaired) electrons. The summed E-state index contributed by atoms with van der Waals surface area (Å²) in [4.78, 5) is 23.4. The minimum atomic E-state index is -4.80. The summed E-state index contributed by atoms with van der Waals surface area (Å²) in [6, 6.07) is 13.7. The van der Waals surface area contributed by atoms with Crippen LogP contribution in [0.1, 0.15) is 28.7 Å². The van der Waals surface area contributed by atoms with Gasteiger partial charge in [0, 0.05) is 23.0 Å². The lowest BCUT2D eigenvalue weighted by Gasteiger charge is -2.11. The van der Waals surface area contributed by atoms with E-state index < -0.39 is 41.1 Å². The van der Waals surface area contributed by atoms with Crippen molar-refractivity contribution < 1.29 is 32.1 Å². The zero-order valence-electron chi connectivity index (χ0n) is 19.7. The highest BCUT2D eigenvalue weighted by atomic mass is 19.4. The molecule has 1 amide bonds. The number of aliphatic hydroxyl groups is 1. The lowest BCUT2D eigenvalue weighted by molar-refractivity contribution is -0.137. The van der Waals surface area contributed by atoms with Crippen molar-refractivity contribution in [1.29, 1.82) is 0 Å². The van der Waals surface area contributed by atoms with Gasteiger partial charge in [-0.2, -0.15) is 18.2 Å². The topological polar surface area (TPSA) is 143 Å². The number of aryl methyl sites for hydroxylation is 1. The van der Waals surface area contributed by atoms with Gasteiger partial charge in [0.1, 0.15) is 17.1 Å². The molecular weight excluding hydrogens is 505 g/mol. The number of alkyl halides is 3. The predicted molar refractivity (Wildman–Crippen MR) is 126 cm³/mol. The smallest absolute Gasteiger partial charge is 0.378 e. The average Bonchev–Trinajstić information content (AvgIpc) is 3.66. The number of hydrogen-bond acceptors (Lipinski definition) is 8. The number of aromatic amines is 1. The zero-order chi connectivity index (χ0) is 26.9. The van der Waals surface area contributed by atoms with Gasteiger partial charge in [0.05, 0.1) is 6.54 Å². The molecule has 2 aromatic carbocycles. The van der Waals surface area contributed by atoms with Gasteiger partial charge in [0.15, 0.2) is 6.10 Å². The number of rotatable bonds is 7. The molecule has 0 fully saturated rings. The number of amides is 1. The molecule has 1 atom stereocenters. The molecule has 0 spiro atoms. The first-order chi connectivity index (χ1) is 18.2. The zero-order valence-corrected chi connectivity index (χ0v) is 19.7. The molecule has 0 aliphatic heterocycles. The van der Waals surface area contributed by atoms with Crippen LogP contribution >= 0.6 is 0 Å². The number of carbonyl (C=O) groups excluding carboxylic acids is 1. The first-order valence-corrected chi connectivity index (χ1v) is 11.2. The van der Waals surface area contributed by atoms with Crippen LogP contribution in [-0.2, 0) is 17.5 Å². The predicted octanol–water partition coefficient (Wildman–Crippen LogP) is 4.46. The summed E-state index contributed by atoms with van der Waals surface area (Å²) >= 11 is 0. The molecule has 194 valence electrons. The van der Waals surface area contributed by atoms with Gasteiger partial charge in [0.25, 0.3) is 11.8 Å². The molecule has 3 N–H and O–H groups in total. The Hall–Kier alpha value is -4.78. The van der Waals surface area contributed by atoms with E-state index in [4.69, 9.17) is 9.05 Å². The van der Waals surface area contributed by atoms with Crippen LogP contribution in [0.5, 0.6) is 0 Å². The molecule has 0 bridgehead atoms. The second-order valence-corrected chi connectivity index (χ2v) is 8.28. The van der Waals surface area contributed by atoms with Crippen LogP contribution in [0.2, 0.25) is 0 Å². The van der Waals surface area contributed by atoms with E-state index in [0.717, 1.165) is 5.69 Å². The molecule has 0 saturated carbocycles. The van der Waals surface area contributed by atoms with Gasteiger partial charge in [-0.3, -0.25) is 4.79 Å². The van der Waals surface area contributed by atoms with Gasteiger partial charge in [-0.1, -0.05) is 64.9 Å². The molecule has 10 nitrogen and oxygen atoms in total. The molecule has 0 unspecified atom stereocenters. The Bertz CT molecular complexity index is 1560. The van der Waals surface area contributed by atoms with E-state index >= 15 is 0 Å². The highest BCUT2D eigenvalue weighted by Crippen LogP contribution is 2.43. The van der Waals surface area contributed by atoms with Gasteiger partial charge < -0.3 is 24.5 Å². The fraction of sp³-hybridized carbons (Fsp3) is 0.160. The van der Waals surface area contributed by atoms with E-state index in [1.54, 1.807) is 24.4 Å². The fourth-order valence-electron chi connectivity index (χ4n) is 3.72. The summed E-state index contributed by atoms with van der Waals surface area (Å²) in [5.41, 5.74) is 0.183. The number of nitrogens with zero attached hydrogens (tertiary/aromatic N) is 4. The standard InChI is InChI=1S/C25H19F3N6O4/c1-13-11-29-17(31-13)12-30-23(36)20(35)15-7-9-16(10-8-15)22-32-24(38-34-22)21-18(25(26,27)28)19(33-37-21)14-5-3-2-4-6-14/h2-11,20,35H,12H2,1H3,(H,29,31)(H,30,36)/t20-/m1/s1. The van der Waals surface area contributed by atoms with Crippen molar-refractivity contribution in [3.8, 4) is 34.3 Å². The number of aromatic nitrogens is 5. The van der Waals surface area contributed by atoms with E-state index in [1.807, 2.05) is 6.92 Å². The van der Waals surface area contributed by atoms with Crippen LogP contribution < -0.4 is 5.32 Å². The summed E-state index contributed by atoms with van der Waals surface area (Å²) < 4.78 is 51.8. The highest BCUT2D eigenvalue weighted by molar-refractivity contribution is 5.82. The molecular formula is C25H19F3N6O4. The minimum absolute atomic E-state index is 0.0236. The maximum absolute atomic E-state index is 13.9. The van der Waals surface area contributed by atoms with Crippen LogP contribution in [0.25, 0.3) is 34.3 Å². The Morgan fingerprint density at radius 3 is 2.45 bits per heavy atom. The van der Waals surface area contributed by atoms with E-state index in [9.17, 15) is 23.1 Å². The van der Waals surface area contributed by atoms with Crippen molar-refractivity contribution >= 4 is 5.91 Å². The van der Waals surface area contributed by atoms with Crippen molar-refractivity contribution in [2.75, 3.05) is 0 Å². The highest BCUT2D eigenvalue weighted by Gasteiger charge is 2.43. The van der Waals surface area contributed by atoms with Crippen LogP contribution in [0, 0.1) is 6.92 Å². The van der Waals surface area contributed by atoms with Crippen molar-refractivity contribution in [3.63, 3.8) is 0 Å². The number of benzene rings is 2. The quantitative estimate of drug-likeness (QED) is 0.283. The first kappa shape index (κ1) is 24.9. The third kappa shape index (κ3) is 5.04. The van der Waals surface area contributed by atoms with Gasteiger partial charge in [-0.05, 0) is 12.5 Å². The Morgan fingerprint density at radius 1 is 1.05 bits per heavy atom. The van der Waals surface area contributed by atoms with E-state index in [2.05, 4.69) is 30.6 Å². The van der Waals surface area contributed by atoms with Crippen LogP contribution in [0.3, 0.4) is 0 Å². The minimum Gasteiger partial charge on any atom is -0.378 e. The van der Waals surface area contributed by atoms with Crippen LogP contribution in [0.4, 0.5) is 13.2 Å². The van der Waals surface area contributed by atoms with Gasteiger partial charge in [-0.25, -0.2) is 4.98 Å². The summed E-state index contributed by atoms with van der Waals surface area (Å²) in [7, 11) is 0. The molecule has 3 heterocycles. The third-order valence-corrected chi connectivity index (χ3v) is 5.56. The molecule has 3 aromatic heterocycles. The third-order valence-electron chi connectivity index (χ3n) is 5.56. The van der Waals surface area contributed by atoms with Crippen molar-refractivity contribution in [2.45, 2.75) is 25.7 Å².